The van der Waals surface area contributed by atoms with E-state index in [1.165, 1.54) is 179 Å². The summed E-state index contributed by atoms with van der Waals surface area (Å²) >= 11 is 12.7. The van der Waals surface area contributed by atoms with Crippen molar-refractivity contribution < 1.29 is 62.1 Å². The van der Waals surface area contributed by atoms with Gasteiger partial charge in [-0.15, -0.1) is 0 Å². The van der Waals surface area contributed by atoms with Gasteiger partial charge in [-0.05, 0) is 99.8 Å². The number of aryl methyl sites for hydroxylation is 2. The number of hydrogen-bond donors (Lipinski definition) is 2. The van der Waals surface area contributed by atoms with Gasteiger partial charge >= 0.3 is 18.1 Å². The highest BCUT2D eigenvalue weighted by molar-refractivity contribution is 6.34. The van der Waals surface area contributed by atoms with Crippen LogP contribution >= 0.6 is 23.2 Å². The van der Waals surface area contributed by atoms with E-state index >= 15 is 0 Å². The van der Waals surface area contributed by atoms with Crippen molar-refractivity contribution in [3.63, 3.8) is 0 Å². The summed E-state index contributed by atoms with van der Waals surface area (Å²) in [5.74, 6) is -5.61. The van der Waals surface area contributed by atoms with E-state index in [-0.39, 0.29) is 53.1 Å². The third-order valence-corrected chi connectivity index (χ3v) is 18.2. The van der Waals surface area contributed by atoms with E-state index in [1.807, 2.05) is 36.4 Å². The molecule has 0 bridgehead atoms. The Bertz CT molecular complexity index is 3680. The second-order valence-electron chi connectivity index (χ2n) is 25.5. The molecular weight excluding hydrogens is 1330 g/mol. The summed E-state index contributed by atoms with van der Waals surface area (Å²) < 4.78 is 25.1. The Kier molecular flexibility index (Phi) is 33.0. The Hall–Kier alpha value is -8.73. The monoisotopic (exact) mass is 1430 g/mol. The number of Topliss-reactive ketones (excluding diaryl/α,β-unsaturated/α-hetero) is 2. The van der Waals surface area contributed by atoms with Crippen molar-refractivity contribution in [1.82, 2.24) is 34.3 Å². The zero-order chi connectivity index (χ0) is 72.6. The van der Waals surface area contributed by atoms with Crippen LogP contribution in [-0.4, -0.2) is 132 Å². The highest BCUT2D eigenvalue weighted by atomic mass is 35.5. The van der Waals surface area contributed by atoms with E-state index in [1.54, 1.807) is 57.3 Å². The van der Waals surface area contributed by atoms with Crippen LogP contribution in [-0.2, 0) is 47.0 Å². The fourth-order valence-electron chi connectivity index (χ4n) is 11.9. The topological polar surface area (TPSA) is 260 Å². The number of urea groups is 1. The molecule has 544 valence electrons. The molecule has 0 spiro atoms. The molecule has 2 aliphatic heterocycles. The molecule has 4 atom stereocenters. The van der Waals surface area contributed by atoms with Gasteiger partial charge in [0.05, 0.1) is 47.4 Å². The Morgan fingerprint density at radius 2 is 1.11 bits per heavy atom. The van der Waals surface area contributed by atoms with Gasteiger partial charge in [-0.2, -0.15) is 10.2 Å². The second kappa shape index (κ2) is 41.9. The van der Waals surface area contributed by atoms with Gasteiger partial charge in [0.15, 0.2) is 18.2 Å². The lowest BCUT2D eigenvalue weighted by Crippen LogP contribution is -2.52. The third-order valence-electron chi connectivity index (χ3n) is 17.6. The predicted octanol–water partition coefficient (Wildman–Crippen LogP) is 16.4. The van der Waals surface area contributed by atoms with E-state index in [0.717, 1.165) is 44.1 Å². The number of esters is 1. The summed E-state index contributed by atoms with van der Waals surface area (Å²) in [4.78, 5) is 124. The number of para-hydroxylation sites is 1. The molecule has 7 amide bonds. The molecule has 2 aromatic heterocycles. The quantitative estimate of drug-likeness (QED) is 0.0119. The lowest BCUT2D eigenvalue weighted by atomic mass is 10.0. The smallest absolute Gasteiger partial charge is 0.418 e. The fourth-order valence-corrected chi connectivity index (χ4v) is 12.2. The minimum atomic E-state index is -1.96. The van der Waals surface area contributed by atoms with Crippen LogP contribution in [0.2, 0.25) is 10.0 Å². The first kappa shape index (κ1) is 79.6. The largest absolute Gasteiger partial charge is 0.491 e. The summed E-state index contributed by atoms with van der Waals surface area (Å²) in [6.45, 7) is 10.1. The molecule has 0 aliphatic carbocycles. The number of amides is 7. The van der Waals surface area contributed by atoms with Crippen molar-refractivity contribution in [2.45, 2.75) is 220 Å². The van der Waals surface area contributed by atoms with Crippen LogP contribution in [0, 0.1) is 6.92 Å². The van der Waals surface area contributed by atoms with Crippen molar-refractivity contribution in [3.8, 4) is 11.4 Å². The van der Waals surface area contributed by atoms with E-state index in [4.69, 9.17) is 42.1 Å². The lowest BCUT2D eigenvalue weighted by molar-refractivity contribution is -0.144. The number of unbranched alkanes of at least 4 members (excludes halogenated alkanes) is 22. The summed E-state index contributed by atoms with van der Waals surface area (Å²) in [6, 6.07) is 25.3. The van der Waals surface area contributed by atoms with Crippen LogP contribution in [0.15, 0.2) is 115 Å². The Morgan fingerprint density at radius 3 is 1.65 bits per heavy atom. The number of ketones is 2. The van der Waals surface area contributed by atoms with E-state index < -0.39 is 77.7 Å². The van der Waals surface area contributed by atoms with Crippen molar-refractivity contribution in [2.75, 3.05) is 30.5 Å². The van der Waals surface area contributed by atoms with Gasteiger partial charge in [0, 0.05) is 30.6 Å². The minimum absolute atomic E-state index is 0.00622. The van der Waals surface area contributed by atoms with Gasteiger partial charge in [0.25, 0.3) is 23.6 Å². The highest BCUT2D eigenvalue weighted by Crippen LogP contribution is 2.32. The Balaban J connectivity index is 0.000000283. The number of aromatic nitrogens is 4. The van der Waals surface area contributed by atoms with Crippen LogP contribution < -0.4 is 15.4 Å². The number of rotatable bonds is 43. The van der Waals surface area contributed by atoms with Gasteiger partial charge in [0.1, 0.15) is 17.1 Å². The number of anilines is 2. The molecule has 22 nitrogen and oxygen atoms in total. The number of ether oxygens (including phenoxy) is 4. The van der Waals surface area contributed by atoms with Gasteiger partial charge in [-0.1, -0.05) is 227 Å². The number of nitrogens with zero attached hydrogens (tertiary/aromatic N) is 7. The molecule has 4 unspecified atom stereocenters. The number of carbonyl (C=O) groups excluding carboxylic acids is 9. The summed E-state index contributed by atoms with van der Waals surface area (Å²) in [6.07, 6.45) is 26.9. The maximum Gasteiger partial charge on any atom is 0.418 e. The molecule has 2 saturated heterocycles. The first-order valence-corrected chi connectivity index (χ1v) is 36.7. The molecule has 2 fully saturated rings. The van der Waals surface area contributed by atoms with Crippen LogP contribution in [0.3, 0.4) is 0 Å². The van der Waals surface area contributed by atoms with E-state index in [2.05, 4.69) is 34.7 Å². The third kappa shape index (κ3) is 23.7. The number of cyclic esters (lactones) is 1. The standard InChI is InChI=1S/C39H49ClN4O7.C38H50ClN5O6/c1-3-4-5-6-7-8-9-10-11-12-13-14-15-19-26-50-38(48)29-22-23-31(40)33(27-29)41-36(46)34(44-37(47)28(2)51-39(44)49)35(45)32-24-25-43(42-32)30-20-17-16-18-21-30;1-5-7-8-9-10-11-12-13-14-18-23-50-32-22-21-29(39)25-30(32)40-35(46)33(34(45)31-24-27(3)42(4)41-31)44-36(47)37(49-6-2)43(38(44)48)26-28-19-16-15-17-20-28/h16-18,20-25,27-28,34H,3-15,19,26H2,1-2H3,(H,41,46);15-17,19-22,24-25,33,37H,5-14,18,23,26H2,1-4H3,(H,40,46). The molecule has 4 heterocycles. The van der Waals surface area contributed by atoms with Crippen molar-refractivity contribution in [2.24, 2.45) is 7.05 Å². The molecule has 24 heteroatoms. The summed E-state index contributed by atoms with van der Waals surface area (Å²) in [5.41, 5.74) is 2.17. The van der Waals surface area contributed by atoms with Gasteiger partial charge in [0.2, 0.25) is 17.8 Å². The highest BCUT2D eigenvalue weighted by Gasteiger charge is 2.54. The van der Waals surface area contributed by atoms with E-state index in [9.17, 15) is 43.2 Å². The molecular formula is C77H99Cl2N9O13. The van der Waals surface area contributed by atoms with Crippen LogP contribution in [0.5, 0.6) is 5.75 Å². The number of halogens is 2. The van der Waals surface area contributed by atoms with Crippen molar-refractivity contribution in [1.29, 1.82) is 0 Å². The van der Waals surface area contributed by atoms with Gasteiger partial charge < -0.3 is 29.6 Å². The predicted molar refractivity (Wildman–Crippen MR) is 388 cm³/mol. The second-order valence-corrected chi connectivity index (χ2v) is 26.4. The SMILES string of the molecule is CCCCCCCCCCCCCCCCOC(=O)c1ccc(Cl)c(NC(=O)C(C(=O)c2ccn(-c3ccccc3)n2)N2C(=O)OC(C)C2=O)c1.CCCCCCCCCCCCOc1ccc(Cl)cc1NC(=O)C(C(=O)c1cc(C)n(C)n1)N1C(=O)C(OCC)N(Cc2ccccc2)C1=O. The average Bonchev–Trinajstić information content (AvgIpc) is 1.64. The molecule has 0 saturated carbocycles. The molecule has 4 aromatic carbocycles. The zero-order valence-electron chi connectivity index (χ0n) is 59.3. The number of nitrogens with one attached hydrogen (secondary N) is 2. The molecule has 2 N–H and O–H groups in total. The number of carbonyl (C=O) groups is 9. The lowest BCUT2D eigenvalue weighted by Gasteiger charge is -2.24. The van der Waals surface area contributed by atoms with Gasteiger partial charge in [-0.25, -0.2) is 28.9 Å². The van der Waals surface area contributed by atoms with Crippen molar-refractivity contribution in [3.05, 3.63) is 154 Å². The number of benzene rings is 4. The van der Waals surface area contributed by atoms with Crippen LogP contribution in [0.25, 0.3) is 5.69 Å². The summed E-state index contributed by atoms with van der Waals surface area (Å²) in [5, 5.41) is 14.2. The molecule has 8 rings (SSSR count). The maximum atomic E-state index is 14.2. The number of hydrogen-bond acceptors (Lipinski definition) is 15. The Labute approximate surface area is 603 Å². The number of imide groups is 2. The first-order chi connectivity index (χ1) is 48.9. The van der Waals surface area contributed by atoms with Crippen LogP contribution in [0.4, 0.5) is 21.0 Å². The normalized spacial score (nSPS) is 14.9. The minimum Gasteiger partial charge on any atom is -0.491 e. The van der Waals surface area contributed by atoms with Crippen LogP contribution in [0.1, 0.15) is 224 Å². The maximum absolute atomic E-state index is 14.2. The molecule has 6 aromatic rings. The first-order valence-electron chi connectivity index (χ1n) is 35.9. The average molecular weight is 1430 g/mol. The zero-order valence-corrected chi connectivity index (χ0v) is 60.8. The molecule has 101 heavy (non-hydrogen) atoms. The fraction of sp³-hybridized carbons (Fsp3) is 0.494. The summed E-state index contributed by atoms with van der Waals surface area (Å²) in [7, 11) is 1.66. The molecule has 0 radical (unpaired) electrons. The van der Waals surface area contributed by atoms with Gasteiger partial charge in [-0.3, -0.25) is 38.3 Å². The molecule has 2 aliphatic rings. The van der Waals surface area contributed by atoms with E-state index in [0.29, 0.717) is 38.6 Å². The van der Waals surface area contributed by atoms with Crippen molar-refractivity contribution >= 4 is 87.9 Å². The Morgan fingerprint density at radius 1 is 0.574 bits per heavy atom.